The molecule has 3 aromatic rings. The number of H-pyrrole nitrogens is 2. The minimum atomic E-state index is -1.85. The van der Waals surface area contributed by atoms with E-state index in [0.29, 0.717) is 0 Å². The topological polar surface area (TPSA) is 83.0 Å². The fraction of sp³-hybridized carbons (Fsp3) is 0. The number of carbonyl (C=O) groups excluding carboxylic acids is 1. The standard InChI is InChI=1S/C8H7N3.C7H4F2O2/c1-4-9-5-2-7(1)8-3-6-10-11-8;8-4-2-1-3-5(9)6(4)7(10)11/h1-6H,(H,10,11);1-3H,(H,10,11). The fourth-order valence-electron chi connectivity index (χ4n) is 1.68. The molecular formula is C15H11F2N3O2. The molecule has 0 saturated heterocycles. The van der Waals surface area contributed by atoms with Crippen LogP contribution >= 0.6 is 0 Å². The number of carboxylic acids is 1. The Bertz CT molecular complexity index is 726. The van der Waals surface area contributed by atoms with Crippen LogP contribution in [0.4, 0.5) is 8.78 Å². The van der Waals surface area contributed by atoms with Crippen LogP contribution in [0.25, 0.3) is 11.3 Å². The number of aromatic amines is 2. The van der Waals surface area contributed by atoms with E-state index in [1.807, 2.05) is 30.6 Å². The molecule has 112 valence electrons. The number of halogens is 2. The summed E-state index contributed by atoms with van der Waals surface area (Å²) in [5.41, 5.74) is 1.16. The molecule has 1 aromatic carbocycles. The predicted octanol–water partition coefficient (Wildman–Crippen LogP) is 1.22. The smallest absolute Gasteiger partial charge is 0.167 e. The van der Waals surface area contributed by atoms with Crippen LogP contribution in [0.3, 0.4) is 0 Å². The highest BCUT2D eigenvalue weighted by Gasteiger charge is 2.07. The molecular weight excluding hydrogens is 292 g/mol. The molecule has 2 aromatic heterocycles. The largest absolute Gasteiger partial charge is 0.545 e. The second-order valence-corrected chi connectivity index (χ2v) is 4.14. The molecule has 0 radical (unpaired) electrons. The van der Waals surface area contributed by atoms with Crippen molar-refractivity contribution < 1.29 is 23.7 Å². The summed E-state index contributed by atoms with van der Waals surface area (Å²) in [7, 11) is 0. The number of aromatic nitrogens is 3. The van der Waals surface area contributed by atoms with Gasteiger partial charge in [0.1, 0.15) is 11.6 Å². The van der Waals surface area contributed by atoms with Crippen LogP contribution in [-0.4, -0.2) is 16.2 Å². The fourth-order valence-corrected chi connectivity index (χ4v) is 1.68. The van der Waals surface area contributed by atoms with Crippen LogP contribution in [0.2, 0.25) is 0 Å². The second-order valence-electron chi connectivity index (χ2n) is 4.14. The lowest BCUT2D eigenvalue weighted by Crippen LogP contribution is -2.24. The van der Waals surface area contributed by atoms with Crippen molar-refractivity contribution in [1.82, 2.24) is 10.2 Å². The molecule has 2 N–H and O–H groups in total. The van der Waals surface area contributed by atoms with E-state index in [1.165, 1.54) is 0 Å². The second kappa shape index (κ2) is 7.07. The van der Waals surface area contributed by atoms with Gasteiger partial charge in [-0.05, 0) is 18.2 Å². The Labute approximate surface area is 124 Å². The van der Waals surface area contributed by atoms with Crippen molar-refractivity contribution in [2.45, 2.75) is 0 Å². The molecule has 0 aliphatic carbocycles. The van der Waals surface area contributed by atoms with Gasteiger partial charge in [-0.2, -0.15) is 5.10 Å². The zero-order chi connectivity index (χ0) is 15.9. The summed E-state index contributed by atoms with van der Waals surface area (Å²) in [5.74, 6) is -4.09. The number of hydrogen-bond donors (Lipinski definition) is 1. The summed E-state index contributed by atoms with van der Waals surface area (Å²) >= 11 is 0. The van der Waals surface area contributed by atoms with Crippen molar-refractivity contribution in [2.24, 2.45) is 0 Å². The van der Waals surface area contributed by atoms with Crippen molar-refractivity contribution in [3.8, 4) is 11.3 Å². The molecule has 0 aliphatic heterocycles. The number of pyridine rings is 1. The van der Waals surface area contributed by atoms with Gasteiger partial charge in [0.05, 0.1) is 17.2 Å². The third-order valence-corrected chi connectivity index (χ3v) is 2.70. The van der Waals surface area contributed by atoms with Gasteiger partial charge >= 0.3 is 0 Å². The Kier molecular flexibility index (Phi) is 4.92. The Hall–Kier alpha value is -3.09. The maximum atomic E-state index is 12.4. The number of rotatable bonds is 2. The summed E-state index contributed by atoms with van der Waals surface area (Å²) in [4.78, 5) is 13.0. The van der Waals surface area contributed by atoms with E-state index in [9.17, 15) is 18.7 Å². The highest BCUT2D eigenvalue weighted by atomic mass is 19.1. The molecule has 22 heavy (non-hydrogen) atoms. The molecule has 7 heteroatoms. The van der Waals surface area contributed by atoms with E-state index in [4.69, 9.17) is 0 Å². The van der Waals surface area contributed by atoms with E-state index in [2.05, 4.69) is 15.2 Å². The molecule has 5 nitrogen and oxygen atoms in total. The average molecular weight is 303 g/mol. The summed E-state index contributed by atoms with van der Waals surface area (Å²) in [6, 6.07) is 8.72. The summed E-state index contributed by atoms with van der Waals surface area (Å²) < 4.78 is 24.9. The lowest BCUT2D eigenvalue weighted by molar-refractivity contribution is -0.377. The average Bonchev–Trinajstić information content (AvgIpc) is 3.02. The molecule has 0 amide bonds. The van der Waals surface area contributed by atoms with Crippen molar-refractivity contribution >= 4 is 5.97 Å². The highest BCUT2D eigenvalue weighted by molar-refractivity contribution is 5.86. The van der Waals surface area contributed by atoms with E-state index in [0.717, 1.165) is 29.5 Å². The first-order valence-corrected chi connectivity index (χ1v) is 6.21. The molecule has 3 rings (SSSR count). The van der Waals surface area contributed by atoms with Crippen LogP contribution in [-0.2, 0) is 0 Å². The maximum Gasteiger partial charge on any atom is 0.167 e. The number of nitrogens with one attached hydrogen (secondary N) is 2. The zero-order valence-corrected chi connectivity index (χ0v) is 11.2. The van der Waals surface area contributed by atoms with Gasteiger partial charge in [-0.1, -0.05) is 6.07 Å². The third kappa shape index (κ3) is 3.72. The normalized spacial score (nSPS) is 9.73. The van der Waals surface area contributed by atoms with Gasteiger partial charge in [0.2, 0.25) is 0 Å². The molecule has 0 spiro atoms. The number of carboxylic acid groups (broad SMARTS) is 1. The monoisotopic (exact) mass is 303 g/mol. The molecule has 2 heterocycles. The number of aromatic carboxylic acids is 1. The Morgan fingerprint density at radius 3 is 2.18 bits per heavy atom. The lowest BCUT2D eigenvalue weighted by Gasteiger charge is -2.03. The van der Waals surface area contributed by atoms with Crippen LogP contribution in [0.1, 0.15) is 10.4 Å². The summed E-state index contributed by atoms with van der Waals surface area (Å²) in [6.45, 7) is 0. The first kappa shape index (κ1) is 15.3. The quantitative estimate of drug-likeness (QED) is 0.772. The predicted molar refractivity (Wildman–Crippen MR) is 71.3 cm³/mol. The van der Waals surface area contributed by atoms with Crippen LogP contribution in [0, 0.1) is 11.6 Å². The van der Waals surface area contributed by atoms with Gasteiger partial charge in [0.25, 0.3) is 0 Å². The van der Waals surface area contributed by atoms with Crippen molar-refractivity contribution in [3.63, 3.8) is 0 Å². The van der Waals surface area contributed by atoms with Gasteiger partial charge in [0.15, 0.2) is 12.4 Å². The Morgan fingerprint density at radius 1 is 1.09 bits per heavy atom. The van der Waals surface area contributed by atoms with E-state index in [1.54, 1.807) is 6.20 Å². The van der Waals surface area contributed by atoms with Gasteiger partial charge in [0, 0.05) is 23.9 Å². The van der Waals surface area contributed by atoms with E-state index < -0.39 is 23.2 Å². The first-order valence-electron chi connectivity index (χ1n) is 6.21. The van der Waals surface area contributed by atoms with Gasteiger partial charge in [-0.25, -0.2) is 13.8 Å². The molecule has 0 saturated carbocycles. The van der Waals surface area contributed by atoms with Crippen molar-refractivity contribution in [1.29, 1.82) is 0 Å². The Morgan fingerprint density at radius 2 is 1.73 bits per heavy atom. The minimum absolute atomic E-state index is 0.855. The zero-order valence-electron chi connectivity index (χ0n) is 11.2. The molecule has 0 fully saturated rings. The molecule has 0 atom stereocenters. The maximum absolute atomic E-state index is 12.4. The molecule has 0 aliphatic rings. The summed E-state index contributed by atoms with van der Waals surface area (Å²) in [5, 5.41) is 16.8. The van der Waals surface area contributed by atoms with Crippen LogP contribution in [0.5, 0.6) is 0 Å². The number of carbonyl (C=O) groups is 1. The van der Waals surface area contributed by atoms with E-state index >= 15 is 0 Å². The van der Waals surface area contributed by atoms with Gasteiger partial charge < -0.3 is 9.90 Å². The van der Waals surface area contributed by atoms with Crippen LogP contribution < -0.4 is 10.1 Å². The number of nitrogens with zero attached hydrogens (tertiary/aromatic N) is 1. The number of hydrogen-bond acceptors (Lipinski definition) is 3. The van der Waals surface area contributed by atoms with Crippen molar-refractivity contribution in [3.05, 3.63) is 72.2 Å². The Balaban J connectivity index is 0.000000160. The van der Waals surface area contributed by atoms with E-state index in [-0.39, 0.29) is 0 Å². The van der Waals surface area contributed by atoms with Gasteiger partial charge in [-0.3, -0.25) is 5.10 Å². The number of benzene rings is 1. The first-order chi connectivity index (χ1) is 10.6. The summed E-state index contributed by atoms with van der Waals surface area (Å²) in [6.07, 6.45) is 5.51. The third-order valence-electron chi connectivity index (χ3n) is 2.70. The van der Waals surface area contributed by atoms with Crippen LogP contribution in [0.15, 0.2) is 55.0 Å². The van der Waals surface area contributed by atoms with Crippen molar-refractivity contribution in [2.75, 3.05) is 0 Å². The molecule has 0 bridgehead atoms. The SMILES string of the molecule is O=C([O-])c1c(F)cccc1F.c1cc(-c2cc[nH+]cc2)[nH]n1. The minimum Gasteiger partial charge on any atom is -0.545 e. The molecule has 0 unspecified atom stereocenters. The highest BCUT2D eigenvalue weighted by Crippen LogP contribution is 2.12. The lowest BCUT2D eigenvalue weighted by atomic mass is 10.2. The van der Waals surface area contributed by atoms with Gasteiger partial charge in [-0.15, -0.1) is 0 Å².